The quantitative estimate of drug-likeness (QED) is 0.398. The molecule has 5 aromatic rings. The first-order valence-corrected chi connectivity index (χ1v) is 6.89. The van der Waals surface area contributed by atoms with Gasteiger partial charge < -0.3 is 19.0 Å². The van der Waals surface area contributed by atoms with Crippen LogP contribution in [0, 0.1) is 0 Å². The number of rotatable bonds is 0. The number of benzene rings is 3. The lowest BCUT2D eigenvalue weighted by Gasteiger charge is -2.03. The van der Waals surface area contributed by atoms with E-state index in [0.717, 1.165) is 21.7 Å². The summed E-state index contributed by atoms with van der Waals surface area (Å²) in [5.74, 6) is 0.248. The van der Waals surface area contributed by atoms with Crippen LogP contribution < -0.4 is 0 Å². The van der Waals surface area contributed by atoms with Gasteiger partial charge in [0, 0.05) is 33.0 Å². The maximum Gasteiger partial charge on any atom is 0.139 e. The van der Waals surface area contributed by atoms with Crippen LogP contribution in [-0.2, 0) is 0 Å². The fraction of sp³-hybridized carbons (Fsp3) is 0. The molecule has 0 atom stereocenters. The molecule has 0 saturated heterocycles. The first-order chi connectivity index (χ1) is 10.7. The lowest BCUT2D eigenvalue weighted by Crippen LogP contribution is -1.76. The topological polar surface area (TPSA) is 66.7 Å². The maximum atomic E-state index is 10.0. The Bertz CT molecular complexity index is 1190. The molecule has 2 N–H and O–H groups in total. The smallest absolute Gasteiger partial charge is 0.139 e. The number of fused-ring (bicyclic) bond motifs is 5. The van der Waals surface area contributed by atoms with Crippen LogP contribution in [0.2, 0.25) is 0 Å². The van der Waals surface area contributed by atoms with Gasteiger partial charge in [-0.1, -0.05) is 0 Å². The van der Waals surface area contributed by atoms with E-state index in [1.165, 1.54) is 12.1 Å². The van der Waals surface area contributed by atoms with Gasteiger partial charge in [0.2, 0.25) is 0 Å². The van der Waals surface area contributed by atoms with Gasteiger partial charge in [-0.2, -0.15) is 0 Å². The number of phenolic OH excluding ortho intramolecular Hbond substituents is 2. The molecule has 0 radical (unpaired) electrons. The summed E-state index contributed by atoms with van der Waals surface area (Å²) in [5, 5.41) is 24.0. The summed E-state index contributed by atoms with van der Waals surface area (Å²) in [6.07, 6.45) is 1.64. The molecule has 0 aliphatic rings. The molecule has 0 saturated carbocycles. The molecule has 0 aliphatic heterocycles. The molecule has 2 heterocycles. The number of phenols is 2. The third-order valence-electron chi connectivity index (χ3n) is 4.14. The van der Waals surface area contributed by atoms with Crippen molar-refractivity contribution < 1.29 is 19.0 Å². The van der Waals surface area contributed by atoms with E-state index in [4.69, 9.17) is 8.83 Å². The Hall–Kier alpha value is -3.14. The summed E-state index contributed by atoms with van der Waals surface area (Å²) in [6.45, 7) is 0. The Balaban J connectivity index is 2.02. The van der Waals surface area contributed by atoms with Crippen LogP contribution in [0.15, 0.2) is 57.6 Å². The van der Waals surface area contributed by atoms with Gasteiger partial charge in [0.05, 0.1) is 6.26 Å². The third-order valence-corrected chi connectivity index (χ3v) is 4.14. The molecule has 106 valence electrons. The van der Waals surface area contributed by atoms with E-state index in [-0.39, 0.29) is 11.5 Å². The number of aromatic hydroxyl groups is 2. The summed E-state index contributed by atoms with van der Waals surface area (Å²) in [4.78, 5) is 0. The lowest BCUT2D eigenvalue weighted by atomic mass is 10.0. The van der Waals surface area contributed by atoms with Crippen molar-refractivity contribution in [2.24, 2.45) is 0 Å². The normalized spacial score (nSPS) is 12.0. The molecule has 22 heavy (non-hydrogen) atoms. The predicted octanol–water partition coefficient (Wildman–Crippen LogP) is 4.90. The lowest BCUT2D eigenvalue weighted by molar-refractivity contribution is 0.469. The standard InChI is InChI=1S/C18H10O4/c19-14-1-2-15(20)11-7-17-13(6-10(11)14)12-5-9-3-4-21-16(9)8-18(12)22-17/h1-8,19-20H. The summed E-state index contributed by atoms with van der Waals surface area (Å²) in [7, 11) is 0. The molecule has 4 nitrogen and oxygen atoms in total. The second-order valence-electron chi connectivity index (χ2n) is 5.41. The maximum absolute atomic E-state index is 10.0. The van der Waals surface area contributed by atoms with E-state index in [2.05, 4.69) is 0 Å². The summed E-state index contributed by atoms with van der Waals surface area (Å²) in [6, 6.07) is 12.3. The highest BCUT2D eigenvalue weighted by molar-refractivity contribution is 6.14. The highest BCUT2D eigenvalue weighted by atomic mass is 16.3. The predicted molar refractivity (Wildman–Crippen MR) is 84.3 cm³/mol. The molecule has 5 rings (SSSR count). The highest BCUT2D eigenvalue weighted by Crippen LogP contribution is 2.39. The Labute approximate surface area is 123 Å². The first kappa shape index (κ1) is 11.5. The molecule has 2 aromatic heterocycles. The minimum Gasteiger partial charge on any atom is -0.507 e. The van der Waals surface area contributed by atoms with E-state index >= 15 is 0 Å². The molecule has 0 fully saturated rings. The Morgan fingerprint density at radius 1 is 0.636 bits per heavy atom. The number of hydrogen-bond donors (Lipinski definition) is 2. The molecular weight excluding hydrogens is 280 g/mol. The minimum absolute atomic E-state index is 0.115. The van der Waals surface area contributed by atoms with Crippen molar-refractivity contribution in [1.29, 1.82) is 0 Å². The van der Waals surface area contributed by atoms with Gasteiger partial charge in [0.15, 0.2) is 0 Å². The van der Waals surface area contributed by atoms with Crippen LogP contribution in [0.3, 0.4) is 0 Å². The average molecular weight is 290 g/mol. The molecule has 0 spiro atoms. The fourth-order valence-corrected chi connectivity index (χ4v) is 3.04. The van der Waals surface area contributed by atoms with Crippen molar-refractivity contribution in [3.8, 4) is 11.5 Å². The van der Waals surface area contributed by atoms with Crippen molar-refractivity contribution >= 4 is 43.7 Å². The Kier molecular flexibility index (Phi) is 1.96. The van der Waals surface area contributed by atoms with Gasteiger partial charge in [-0.15, -0.1) is 0 Å². The largest absolute Gasteiger partial charge is 0.507 e. The van der Waals surface area contributed by atoms with Crippen molar-refractivity contribution in [3.05, 3.63) is 48.7 Å². The second kappa shape index (κ2) is 3.74. The molecule has 3 aromatic carbocycles. The molecule has 0 unspecified atom stereocenters. The monoisotopic (exact) mass is 290 g/mol. The molecule has 0 amide bonds. The van der Waals surface area contributed by atoms with Crippen LogP contribution in [0.1, 0.15) is 0 Å². The average Bonchev–Trinajstić information content (AvgIpc) is 3.10. The second-order valence-corrected chi connectivity index (χ2v) is 5.41. The Morgan fingerprint density at radius 3 is 2.14 bits per heavy atom. The zero-order chi connectivity index (χ0) is 14.8. The van der Waals surface area contributed by atoms with E-state index in [9.17, 15) is 10.2 Å². The molecular formula is C18H10O4. The van der Waals surface area contributed by atoms with Gasteiger partial charge in [-0.25, -0.2) is 0 Å². The van der Waals surface area contributed by atoms with E-state index in [1.807, 2.05) is 24.3 Å². The summed E-state index contributed by atoms with van der Waals surface area (Å²) < 4.78 is 11.3. The van der Waals surface area contributed by atoms with Crippen LogP contribution in [-0.4, -0.2) is 10.2 Å². The minimum atomic E-state index is 0.115. The first-order valence-electron chi connectivity index (χ1n) is 6.89. The van der Waals surface area contributed by atoms with E-state index in [0.29, 0.717) is 21.9 Å². The van der Waals surface area contributed by atoms with Gasteiger partial charge in [-0.05, 0) is 36.4 Å². The van der Waals surface area contributed by atoms with E-state index in [1.54, 1.807) is 12.3 Å². The van der Waals surface area contributed by atoms with Crippen molar-refractivity contribution in [3.63, 3.8) is 0 Å². The van der Waals surface area contributed by atoms with Crippen molar-refractivity contribution in [2.75, 3.05) is 0 Å². The highest BCUT2D eigenvalue weighted by Gasteiger charge is 2.13. The fourth-order valence-electron chi connectivity index (χ4n) is 3.04. The van der Waals surface area contributed by atoms with E-state index < -0.39 is 0 Å². The van der Waals surface area contributed by atoms with Gasteiger partial charge >= 0.3 is 0 Å². The van der Waals surface area contributed by atoms with Crippen molar-refractivity contribution in [1.82, 2.24) is 0 Å². The number of furan rings is 2. The molecule has 0 aliphatic carbocycles. The van der Waals surface area contributed by atoms with Crippen molar-refractivity contribution in [2.45, 2.75) is 0 Å². The van der Waals surface area contributed by atoms with Gasteiger partial charge in [0.1, 0.15) is 28.2 Å². The van der Waals surface area contributed by atoms with Crippen LogP contribution in [0.25, 0.3) is 43.7 Å². The third kappa shape index (κ3) is 1.36. The molecule has 0 bridgehead atoms. The SMILES string of the molecule is Oc1ccc(O)c2cc3c(cc12)oc1cc2occc2cc13. The van der Waals surface area contributed by atoms with Crippen LogP contribution >= 0.6 is 0 Å². The summed E-state index contributed by atoms with van der Waals surface area (Å²) in [5.41, 5.74) is 2.14. The van der Waals surface area contributed by atoms with Gasteiger partial charge in [-0.3, -0.25) is 0 Å². The molecule has 4 heteroatoms. The Morgan fingerprint density at radius 2 is 1.32 bits per heavy atom. The number of hydrogen-bond acceptors (Lipinski definition) is 4. The summed E-state index contributed by atoms with van der Waals surface area (Å²) >= 11 is 0. The zero-order valence-electron chi connectivity index (χ0n) is 11.3. The zero-order valence-corrected chi connectivity index (χ0v) is 11.3. The van der Waals surface area contributed by atoms with Crippen LogP contribution in [0.4, 0.5) is 0 Å². The van der Waals surface area contributed by atoms with Crippen LogP contribution in [0.5, 0.6) is 11.5 Å². The van der Waals surface area contributed by atoms with Gasteiger partial charge in [0.25, 0.3) is 0 Å².